The minimum Gasteiger partial charge on any atom is -0.385 e. The molecule has 1 saturated heterocycles. The van der Waals surface area contributed by atoms with Crippen LogP contribution in [0.5, 0.6) is 0 Å². The van der Waals surface area contributed by atoms with Gasteiger partial charge in [-0.2, -0.15) is 5.06 Å². The quantitative estimate of drug-likeness (QED) is 0.626. The van der Waals surface area contributed by atoms with E-state index in [9.17, 15) is 0 Å². The molecule has 24 heavy (non-hydrogen) atoms. The van der Waals surface area contributed by atoms with E-state index in [-0.39, 0.29) is 17.2 Å². The van der Waals surface area contributed by atoms with E-state index in [2.05, 4.69) is 76.2 Å². The largest absolute Gasteiger partial charge is 0.385 e. The van der Waals surface area contributed by atoms with Crippen LogP contribution in [0.25, 0.3) is 0 Å². The molecule has 3 nitrogen and oxygen atoms in total. The Bertz CT molecular complexity index is 491. The van der Waals surface area contributed by atoms with E-state index in [0.717, 1.165) is 6.54 Å². The van der Waals surface area contributed by atoms with E-state index in [0.29, 0.717) is 0 Å². The molecule has 2 rings (SSSR count). The van der Waals surface area contributed by atoms with Gasteiger partial charge in [0.05, 0.1) is 0 Å². The van der Waals surface area contributed by atoms with Crippen molar-refractivity contribution in [1.29, 1.82) is 0 Å². The lowest BCUT2D eigenvalue weighted by molar-refractivity contribution is -0.304. The number of nitrogens with zero attached hydrogens (tertiary/aromatic N) is 1. The highest BCUT2D eigenvalue weighted by Gasteiger charge is 2.43. The summed E-state index contributed by atoms with van der Waals surface area (Å²) >= 11 is 0. The summed E-state index contributed by atoms with van der Waals surface area (Å²) in [6.45, 7) is 14.6. The van der Waals surface area contributed by atoms with Gasteiger partial charge in [-0.25, -0.2) is 0 Å². The highest BCUT2D eigenvalue weighted by Crippen LogP contribution is 2.40. The van der Waals surface area contributed by atoms with Crippen LogP contribution in [0.3, 0.4) is 0 Å². The second-order valence-corrected chi connectivity index (χ2v) is 8.42. The second kappa shape index (κ2) is 7.88. The number of benzene rings is 1. The molecule has 1 fully saturated rings. The van der Waals surface area contributed by atoms with Crippen molar-refractivity contribution in [2.24, 2.45) is 0 Å². The first-order chi connectivity index (χ1) is 11.3. The summed E-state index contributed by atoms with van der Waals surface area (Å²) in [7, 11) is 0. The molecule has 1 N–H and O–H groups in total. The third-order valence-electron chi connectivity index (χ3n) is 5.18. The maximum atomic E-state index is 6.46. The Hall–Kier alpha value is -1.06. The van der Waals surface area contributed by atoms with Crippen molar-refractivity contribution in [1.82, 2.24) is 5.06 Å². The molecule has 0 aromatic heterocycles. The van der Waals surface area contributed by atoms with E-state index in [1.165, 1.54) is 43.4 Å². The zero-order valence-corrected chi connectivity index (χ0v) is 16.5. The van der Waals surface area contributed by atoms with Crippen LogP contribution in [0.4, 0.5) is 5.69 Å². The van der Waals surface area contributed by atoms with Crippen molar-refractivity contribution < 1.29 is 4.84 Å². The van der Waals surface area contributed by atoms with Gasteiger partial charge in [-0.15, -0.1) is 0 Å². The summed E-state index contributed by atoms with van der Waals surface area (Å²) in [5.74, 6) is 0. The van der Waals surface area contributed by atoms with Crippen molar-refractivity contribution >= 4 is 5.69 Å². The maximum Gasteiger partial charge on any atom is 0.102 e. The standard InChI is InChI=1S/C21H36N2O/c1-7-8-16-22-19-12-10-18(11-13-19)17(2)24-23-20(3,4)14-9-15-21(23,5)6/h10-13,17,22H,7-9,14-16H2,1-6H3. The number of hydrogen-bond acceptors (Lipinski definition) is 3. The highest BCUT2D eigenvalue weighted by atomic mass is 16.7. The van der Waals surface area contributed by atoms with Crippen molar-refractivity contribution in [2.75, 3.05) is 11.9 Å². The smallest absolute Gasteiger partial charge is 0.102 e. The van der Waals surface area contributed by atoms with E-state index in [4.69, 9.17) is 4.84 Å². The zero-order valence-electron chi connectivity index (χ0n) is 16.5. The summed E-state index contributed by atoms with van der Waals surface area (Å²) < 4.78 is 0. The second-order valence-electron chi connectivity index (χ2n) is 8.42. The number of hydrogen-bond donors (Lipinski definition) is 1. The number of anilines is 1. The molecule has 1 heterocycles. The van der Waals surface area contributed by atoms with Gasteiger partial charge in [0.15, 0.2) is 0 Å². The Balaban J connectivity index is 2.01. The SMILES string of the molecule is CCCCNc1ccc(C(C)ON2C(C)(C)CCCC2(C)C)cc1. The Morgan fingerprint density at radius 2 is 1.67 bits per heavy atom. The monoisotopic (exact) mass is 332 g/mol. The van der Waals surface area contributed by atoms with Crippen LogP contribution in [0.15, 0.2) is 24.3 Å². The Kier molecular flexibility index (Phi) is 6.33. The molecular weight excluding hydrogens is 296 g/mol. The molecule has 0 spiro atoms. The summed E-state index contributed by atoms with van der Waals surface area (Å²) in [4.78, 5) is 6.46. The number of rotatable bonds is 7. The van der Waals surface area contributed by atoms with Crippen molar-refractivity contribution in [3.63, 3.8) is 0 Å². The average molecular weight is 333 g/mol. The lowest BCUT2D eigenvalue weighted by Gasteiger charge is -2.52. The lowest BCUT2D eigenvalue weighted by Crippen LogP contribution is -2.58. The van der Waals surface area contributed by atoms with Crippen LogP contribution in [0.2, 0.25) is 0 Å². The molecule has 1 aliphatic heterocycles. The van der Waals surface area contributed by atoms with E-state index >= 15 is 0 Å². The molecule has 0 saturated carbocycles. The van der Waals surface area contributed by atoms with Crippen LogP contribution in [0, 0.1) is 0 Å². The summed E-state index contributed by atoms with van der Waals surface area (Å²) in [6, 6.07) is 8.69. The summed E-state index contributed by atoms with van der Waals surface area (Å²) in [5, 5.41) is 5.72. The molecule has 136 valence electrons. The summed E-state index contributed by atoms with van der Waals surface area (Å²) in [5.41, 5.74) is 2.58. The van der Waals surface area contributed by atoms with Gasteiger partial charge in [-0.1, -0.05) is 25.5 Å². The van der Waals surface area contributed by atoms with Crippen LogP contribution in [-0.2, 0) is 4.84 Å². The molecule has 0 radical (unpaired) electrons. The first-order valence-corrected chi connectivity index (χ1v) is 9.57. The molecule has 1 aromatic rings. The maximum absolute atomic E-state index is 6.46. The fourth-order valence-corrected chi connectivity index (χ4v) is 3.76. The first kappa shape index (κ1) is 19.3. The van der Waals surface area contributed by atoms with Gasteiger partial charge in [0.2, 0.25) is 0 Å². The number of piperidine rings is 1. The van der Waals surface area contributed by atoms with Gasteiger partial charge in [0.1, 0.15) is 6.10 Å². The van der Waals surface area contributed by atoms with Crippen LogP contribution in [-0.4, -0.2) is 22.7 Å². The average Bonchev–Trinajstić information content (AvgIpc) is 2.51. The molecule has 3 heteroatoms. The fraction of sp³-hybridized carbons (Fsp3) is 0.714. The van der Waals surface area contributed by atoms with E-state index in [1.54, 1.807) is 0 Å². The Morgan fingerprint density at radius 3 is 2.21 bits per heavy atom. The normalized spacial score (nSPS) is 21.4. The van der Waals surface area contributed by atoms with Crippen LogP contribution in [0.1, 0.15) is 85.3 Å². The van der Waals surface area contributed by atoms with Crippen molar-refractivity contribution in [2.45, 2.75) is 90.8 Å². The van der Waals surface area contributed by atoms with E-state index in [1.807, 2.05) is 0 Å². The molecule has 1 atom stereocenters. The minimum absolute atomic E-state index is 0.0614. The van der Waals surface area contributed by atoms with Gasteiger partial charge in [0.25, 0.3) is 0 Å². The van der Waals surface area contributed by atoms with Gasteiger partial charge in [0, 0.05) is 23.3 Å². The van der Waals surface area contributed by atoms with E-state index < -0.39 is 0 Å². The highest BCUT2D eigenvalue weighted by molar-refractivity contribution is 5.44. The molecule has 1 aliphatic rings. The van der Waals surface area contributed by atoms with Crippen LogP contribution < -0.4 is 5.32 Å². The topological polar surface area (TPSA) is 24.5 Å². The minimum atomic E-state index is 0.0614. The Morgan fingerprint density at radius 1 is 1.08 bits per heavy atom. The fourth-order valence-electron chi connectivity index (χ4n) is 3.76. The molecule has 1 unspecified atom stereocenters. The third-order valence-corrected chi connectivity index (χ3v) is 5.18. The molecule has 0 amide bonds. The number of nitrogens with one attached hydrogen (secondary N) is 1. The van der Waals surface area contributed by atoms with Gasteiger partial charge in [-0.3, -0.25) is 4.84 Å². The lowest BCUT2D eigenvalue weighted by atomic mass is 9.82. The van der Waals surface area contributed by atoms with Crippen molar-refractivity contribution in [3.8, 4) is 0 Å². The third kappa shape index (κ3) is 4.73. The number of unbranched alkanes of at least 4 members (excludes halogenated alkanes) is 1. The van der Waals surface area contributed by atoms with Gasteiger partial charge < -0.3 is 5.32 Å². The number of hydroxylamine groups is 2. The van der Waals surface area contributed by atoms with Crippen molar-refractivity contribution in [3.05, 3.63) is 29.8 Å². The Labute approximate surface area is 148 Å². The predicted octanol–water partition coefficient (Wildman–Crippen LogP) is 5.93. The summed E-state index contributed by atoms with van der Waals surface area (Å²) in [6.07, 6.45) is 6.13. The molecule has 0 aliphatic carbocycles. The molecular formula is C21H36N2O. The molecule has 1 aromatic carbocycles. The zero-order chi connectivity index (χ0) is 17.8. The van der Waals surface area contributed by atoms with Crippen LogP contribution >= 0.6 is 0 Å². The first-order valence-electron chi connectivity index (χ1n) is 9.57. The van der Waals surface area contributed by atoms with Gasteiger partial charge in [-0.05, 0) is 78.0 Å². The molecule has 0 bridgehead atoms. The predicted molar refractivity (Wildman–Crippen MR) is 103 cm³/mol. The van der Waals surface area contributed by atoms with Gasteiger partial charge >= 0.3 is 0 Å².